The van der Waals surface area contributed by atoms with Crippen molar-refractivity contribution in [1.82, 2.24) is 5.32 Å². The number of nitrogens with zero attached hydrogens (tertiary/aromatic N) is 1. The molecule has 82 valence electrons. The van der Waals surface area contributed by atoms with E-state index >= 15 is 0 Å². The fourth-order valence-corrected chi connectivity index (χ4v) is 1.56. The van der Waals surface area contributed by atoms with E-state index < -0.39 is 0 Å². The molecule has 1 aromatic carbocycles. The molecule has 0 aromatic heterocycles. The lowest BCUT2D eigenvalue weighted by Crippen LogP contribution is -2.22. The number of carbonyl (C=O) groups excluding carboxylic acids is 1. The molecule has 0 aliphatic rings. The van der Waals surface area contributed by atoms with E-state index in [-0.39, 0.29) is 5.91 Å². The number of amides is 1. The Kier molecular flexibility index (Phi) is 4.16. The molecule has 0 bridgehead atoms. The maximum atomic E-state index is 11.3. The Bertz CT molecular complexity index is 315. The van der Waals surface area contributed by atoms with E-state index in [1.54, 1.807) is 7.05 Å². The molecule has 1 aromatic rings. The number of benzene rings is 1. The summed E-state index contributed by atoms with van der Waals surface area (Å²) in [6.45, 7) is 6.21. The van der Waals surface area contributed by atoms with Crippen LogP contribution in [0.25, 0.3) is 0 Å². The highest BCUT2D eigenvalue weighted by Crippen LogP contribution is 2.14. The Balaban J connectivity index is 2.84. The summed E-state index contributed by atoms with van der Waals surface area (Å²) < 4.78 is 0. The lowest BCUT2D eigenvalue weighted by molar-refractivity contribution is 0.0963. The van der Waals surface area contributed by atoms with Crippen molar-refractivity contribution >= 4 is 11.6 Å². The molecule has 0 unspecified atom stereocenters. The minimum absolute atomic E-state index is 0.0407. The molecule has 0 radical (unpaired) electrons. The number of hydrogen-bond donors (Lipinski definition) is 1. The van der Waals surface area contributed by atoms with Gasteiger partial charge < -0.3 is 10.2 Å². The highest BCUT2D eigenvalue weighted by Gasteiger charge is 2.04. The van der Waals surface area contributed by atoms with Crippen molar-refractivity contribution in [2.24, 2.45) is 0 Å². The molecule has 0 spiro atoms. The van der Waals surface area contributed by atoms with Crippen LogP contribution in [0.3, 0.4) is 0 Å². The van der Waals surface area contributed by atoms with Gasteiger partial charge in [-0.15, -0.1) is 0 Å². The molecule has 0 saturated carbocycles. The summed E-state index contributed by atoms with van der Waals surface area (Å²) in [7, 11) is 1.64. The van der Waals surface area contributed by atoms with E-state index in [0.717, 1.165) is 18.8 Å². The summed E-state index contributed by atoms with van der Waals surface area (Å²) in [5, 5.41) is 2.61. The summed E-state index contributed by atoms with van der Waals surface area (Å²) >= 11 is 0. The van der Waals surface area contributed by atoms with Crippen molar-refractivity contribution < 1.29 is 4.79 Å². The lowest BCUT2D eigenvalue weighted by Gasteiger charge is -2.20. The molecule has 1 N–H and O–H groups in total. The predicted octanol–water partition coefficient (Wildman–Crippen LogP) is 1.89. The van der Waals surface area contributed by atoms with Gasteiger partial charge in [0, 0.05) is 31.4 Å². The van der Waals surface area contributed by atoms with Crippen molar-refractivity contribution in [2.45, 2.75) is 13.8 Å². The first-order valence-electron chi connectivity index (χ1n) is 5.30. The van der Waals surface area contributed by atoms with Crippen LogP contribution in [0.15, 0.2) is 24.3 Å². The average Bonchev–Trinajstić information content (AvgIpc) is 2.30. The topological polar surface area (TPSA) is 32.3 Å². The second-order valence-electron chi connectivity index (χ2n) is 3.30. The van der Waals surface area contributed by atoms with Crippen LogP contribution in [0.1, 0.15) is 24.2 Å². The molecular formula is C12H18N2O. The fraction of sp³-hybridized carbons (Fsp3) is 0.417. The van der Waals surface area contributed by atoms with Crippen LogP contribution in [0, 0.1) is 0 Å². The number of rotatable bonds is 4. The Morgan fingerprint density at radius 3 is 2.13 bits per heavy atom. The minimum Gasteiger partial charge on any atom is -0.372 e. The SMILES string of the molecule is CCN(CC)c1ccc(C(=O)NC)cc1. The first kappa shape index (κ1) is 11.6. The Morgan fingerprint density at radius 2 is 1.73 bits per heavy atom. The van der Waals surface area contributed by atoms with E-state index in [9.17, 15) is 4.79 Å². The first-order chi connectivity index (χ1) is 7.22. The predicted molar refractivity (Wildman–Crippen MR) is 63.4 cm³/mol. The molecule has 3 nitrogen and oxygen atoms in total. The van der Waals surface area contributed by atoms with Crippen LogP contribution in [0.2, 0.25) is 0 Å². The third-order valence-electron chi connectivity index (χ3n) is 2.49. The summed E-state index contributed by atoms with van der Waals surface area (Å²) in [5.74, 6) is -0.0407. The molecular weight excluding hydrogens is 188 g/mol. The zero-order valence-corrected chi connectivity index (χ0v) is 9.58. The molecule has 0 aliphatic heterocycles. The van der Waals surface area contributed by atoms with Crippen molar-refractivity contribution in [3.8, 4) is 0 Å². The molecule has 0 aliphatic carbocycles. The summed E-state index contributed by atoms with van der Waals surface area (Å²) in [6, 6.07) is 7.67. The largest absolute Gasteiger partial charge is 0.372 e. The molecule has 0 saturated heterocycles. The summed E-state index contributed by atoms with van der Waals surface area (Å²) in [5.41, 5.74) is 1.86. The molecule has 15 heavy (non-hydrogen) atoms. The van der Waals surface area contributed by atoms with Gasteiger partial charge in [0.15, 0.2) is 0 Å². The Morgan fingerprint density at radius 1 is 1.20 bits per heavy atom. The highest BCUT2D eigenvalue weighted by molar-refractivity contribution is 5.94. The van der Waals surface area contributed by atoms with Gasteiger partial charge in [-0.1, -0.05) is 0 Å². The van der Waals surface area contributed by atoms with Gasteiger partial charge in [-0.25, -0.2) is 0 Å². The van der Waals surface area contributed by atoms with Gasteiger partial charge in [-0.3, -0.25) is 4.79 Å². The monoisotopic (exact) mass is 206 g/mol. The molecule has 1 rings (SSSR count). The van der Waals surface area contributed by atoms with Gasteiger partial charge in [0.25, 0.3) is 5.91 Å². The zero-order chi connectivity index (χ0) is 11.3. The van der Waals surface area contributed by atoms with Crippen LogP contribution in [-0.4, -0.2) is 26.0 Å². The van der Waals surface area contributed by atoms with Crippen LogP contribution in [-0.2, 0) is 0 Å². The fourth-order valence-electron chi connectivity index (χ4n) is 1.56. The van der Waals surface area contributed by atoms with Gasteiger partial charge in [0.1, 0.15) is 0 Å². The normalized spacial score (nSPS) is 9.80. The van der Waals surface area contributed by atoms with E-state index in [1.165, 1.54) is 0 Å². The number of nitrogens with one attached hydrogen (secondary N) is 1. The van der Waals surface area contributed by atoms with Crippen LogP contribution in [0.4, 0.5) is 5.69 Å². The standard InChI is InChI=1S/C12H18N2O/c1-4-14(5-2)11-8-6-10(7-9-11)12(15)13-3/h6-9H,4-5H2,1-3H3,(H,13,15). The maximum absolute atomic E-state index is 11.3. The van der Waals surface area contributed by atoms with Crippen molar-refractivity contribution in [2.75, 3.05) is 25.0 Å². The third-order valence-corrected chi connectivity index (χ3v) is 2.49. The molecule has 0 atom stereocenters. The van der Waals surface area contributed by atoms with E-state index in [0.29, 0.717) is 5.56 Å². The van der Waals surface area contributed by atoms with Crippen LogP contribution >= 0.6 is 0 Å². The highest BCUT2D eigenvalue weighted by atomic mass is 16.1. The quantitative estimate of drug-likeness (QED) is 0.816. The van der Waals surface area contributed by atoms with Crippen LogP contribution < -0.4 is 10.2 Å². The van der Waals surface area contributed by atoms with Gasteiger partial charge in [-0.2, -0.15) is 0 Å². The molecule has 0 fully saturated rings. The smallest absolute Gasteiger partial charge is 0.251 e. The number of carbonyl (C=O) groups is 1. The van der Waals surface area contributed by atoms with Crippen LogP contribution in [0.5, 0.6) is 0 Å². The number of anilines is 1. The second-order valence-corrected chi connectivity index (χ2v) is 3.30. The van der Waals surface area contributed by atoms with Gasteiger partial charge in [0.05, 0.1) is 0 Å². The summed E-state index contributed by atoms with van der Waals surface area (Å²) in [4.78, 5) is 13.6. The van der Waals surface area contributed by atoms with Gasteiger partial charge in [0.2, 0.25) is 0 Å². The minimum atomic E-state index is -0.0407. The zero-order valence-electron chi connectivity index (χ0n) is 9.58. The van der Waals surface area contributed by atoms with E-state index in [1.807, 2.05) is 24.3 Å². The maximum Gasteiger partial charge on any atom is 0.251 e. The Labute approximate surface area is 91.1 Å². The summed E-state index contributed by atoms with van der Waals surface area (Å²) in [6.07, 6.45) is 0. The van der Waals surface area contributed by atoms with E-state index in [2.05, 4.69) is 24.1 Å². The number of hydrogen-bond acceptors (Lipinski definition) is 2. The van der Waals surface area contributed by atoms with Gasteiger partial charge >= 0.3 is 0 Å². The van der Waals surface area contributed by atoms with E-state index in [4.69, 9.17) is 0 Å². The first-order valence-corrected chi connectivity index (χ1v) is 5.30. The molecule has 1 amide bonds. The lowest BCUT2D eigenvalue weighted by atomic mass is 10.2. The molecule has 0 heterocycles. The Hall–Kier alpha value is -1.51. The van der Waals surface area contributed by atoms with Crippen molar-refractivity contribution in [3.05, 3.63) is 29.8 Å². The van der Waals surface area contributed by atoms with Crippen molar-refractivity contribution in [1.29, 1.82) is 0 Å². The van der Waals surface area contributed by atoms with Crippen molar-refractivity contribution in [3.63, 3.8) is 0 Å². The second kappa shape index (κ2) is 5.39. The average molecular weight is 206 g/mol. The van der Waals surface area contributed by atoms with Gasteiger partial charge in [-0.05, 0) is 38.1 Å². The third kappa shape index (κ3) is 2.72. The molecule has 3 heteroatoms.